The first-order chi connectivity index (χ1) is 4.41. The van der Waals surface area contributed by atoms with E-state index in [1.54, 1.807) is 0 Å². The molecule has 3 nitrogen and oxygen atoms in total. The van der Waals surface area contributed by atoms with Gasteiger partial charge in [-0.25, -0.2) is 0 Å². The van der Waals surface area contributed by atoms with Crippen molar-refractivity contribution in [2.24, 2.45) is 5.73 Å². The Morgan fingerprint density at radius 2 is 2.11 bits per heavy atom. The monoisotopic (exact) mass is 130 g/mol. The second kappa shape index (κ2) is 7.43. The summed E-state index contributed by atoms with van der Waals surface area (Å²) < 4.78 is 0. The molecule has 0 saturated carbocycles. The smallest absolute Gasteiger partial charge is 0.207 e. The van der Waals surface area contributed by atoms with Crippen molar-refractivity contribution >= 4 is 6.41 Å². The summed E-state index contributed by atoms with van der Waals surface area (Å²) in [5.41, 5.74) is 5.25. The van der Waals surface area contributed by atoms with Crippen LogP contribution in [-0.4, -0.2) is 19.5 Å². The van der Waals surface area contributed by atoms with Crippen molar-refractivity contribution in [2.75, 3.05) is 13.1 Å². The number of nitrogens with two attached hydrogens (primary N) is 1. The van der Waals surface area contributed by atoms with Gasteiger partial charge >= 0.3 is 0 Å². The zero-order valence-electron chi connectivity index (χ0n) is 5.60. The molecule has 0 aliphatic rings. The summed E-state index contributed by atoms with van der Waals surface area (Å²) >= 11 is 0. The molecule has 0 heterocycles. The maximum Gasteiger partial charge on any atom is 0.207 e. The SMILES string of the molecule is NCCCCCNC=O. The van der Waals surface area contributed by atoms with E-state index in [1.165, 1.54) is 0 Å². The minimum Gasteiger partial charge on any atom is -0.359 e. The Hall–Kier alpha value is -0.570. The van der Waals surface area contributed by atoms with Gasteiger partial charge in [-0.3, -0.25) is 4.79 Å². The molecule has 0 radical (unpaired) electrons. The number of rotatable bonds is 6. The summed E-state index contributed by atoms with van der Waals surface area (Å²) in [5.74, 6) is 0. The molecule has 0 aromatic carbocycles. The standard InChI is InChI=1S/C6H14N2O/c7-4-2-1-3-5-8-6-9/h6H,1-5,7H2,(H,8,9). The molecule has 0 rings (SSSR count). The lowest BCUT2D eigenvalue weighted by molar-refractivity contribution is -0.109. The Bertz CT molecular complexity index is 66.1. The number of unbranched alkanes of at least 4 members (excludes halogenated alkanes) is 2. The Kier molecular flexibility index (Phi) is 6.96. The highest BCUT2D eigenvalue weighted by Crippen LogP contribution is 1.89. The fraction of sp³-hybridized carbons (Fsp3) is 0.833. The second-order valence-corrected chi connectivity index (χ2v) is 1.92. The molecule has 0 aromatic rings. The van der Waals surface area contributed by atoms with Crippen molar-refractivity contribution in [1.82, 2.24) is 5.32 Å². The van der Waals surface area contributed by atoms with Crippen molar-refractivity contribution in [3.05, 3.63) is 0 Å². The van der Waals surface area contributed by atoms with Crippen LogP contribution in [0, 0.1) is 0 Å². The highest BCUT2D eigenvalue weighted by atomic mass is 16.1. The van der Waals surface area contributed by atoms with E-state index in [1.807, 2.05) is 0 Å². The van der Waals surface area contributed by atoms with Gasteiger partial charge in [0.25, 0.3) is 0 Å². The Morgan fingerprint density at radius 3 is 2.67 bits per heavy atom. The first-order valence-corrected chi connectivity index (χ1v) is 3.29. The molecule has 54 valence electrons. The van der Waals surface area contributed by atoms with Gasteiger partial charge in [0.15, 0.2) is 0 Å². The number of carbonyl (C=O) groups is 1. The van der Waals surface area contributed by atoms with Crippen LogP contribution in [0.15, 0.2) is 0 Å². The maximum absolute atomic E-state index is 9.70. The molecule has 3 N–H and O–H groups in total. The first kappa shape index (κ1) is 8.43. The van der Waals surface area contributed by atoms with E-state index in [4.69, 9.17) is 5.73 Å². The van der Waals surface area contributed by atoms with Gasteiger partial charge in [-0.1, -0.05) is 6.42 Å². The van der Waals surface area contributed by atoms with Crippen molar-refractivity contribution in [3.8, 4) is 0 Å². The van der Waals surface area contributed by atoms with Crippen molar-refractivity contribution in [2.45, 2.75) is 19.3 Å². The summed E-state index contributed by atoms with van der Waals surface area (Å²) in [6, 6.07) is 0. The highest BCUT2D eigenvalue weighted by Gasteiger charge is 1.84. The fourth-order valence-corrected chi connectivity index (χ4v) is 0.607. The molecular weight excluding hydrogens is 116 g/mol. The summed E-state index contributed by atoms with van der Waals surface area (Å²) in [5, 5.41) is 2.59. The minimum atomic E-state index is 0.725. The van der Waals surface area contributed by atoms with E-state index in [9.17, 15) is 4.79 Å². The molecule has 0 bridgehead atoms. The van der Waals surface area contributed by atoms with E-state index >= 15 is 0 Å². The molecular formula is C6H14N2O. The molecule has 0 aliphatic carbocycles. The predicted octanol–water partition coefficient (Wildman–Crippen LogP) is -0.139. The van der Waals surface area contributed by atoms with E-state index in [2.05, 4.69) is 5.32 Å². The van der Waals surface area contributed by atoms with Gasteiger partial charge in [-0.05, 0) is 19.4 Å². The van der Waals surface area contributed by atoms with E-state index < -0.39 is 0 Å². The lowest BCUT2D eigenvalue weighted by Gasteiger charge is -1.96. The third-order valence-electron chi connectivity index (χ3n) is 1.11. The van der Waals surface area contributed by atoms with Gasteiger partial charge in [0.05, 0.1) is 0 Å². The van der Waals surface area contributed by atoms with Crippen molar-refractivity contribution in [3.63, 3.8) is 0 Å². The maximum atomic E-state index is 9.70. The normalized spacial score (nSPS) is 9.00. The number of hydrogen-bond acceptors (Lipinski definition) is 2. The average Bonchev–Trinajstić information content (AvgIpc) is 1.89. The van der Waals surface area contributed by atoms with Crippen LogP contribution in [0.5, 0.6) is 0 Å². The number of nitrogens with one attached hydrogen (secondary N) is 1. The third-order valence-corrected chi connectivity index (χ3v) is 1.11. The molecule has 0 unspecified atom stereocenters. The van der Waals surface area contributed by atoms with Crippen LogP contribution in [0.3, 0.4) is 0 Å². The van der Waals surface area contributed by atoms with Gasteiger partial charge in [0.2, 0.25) is 6.41 Å². The van der Waals surface area contributed by atoms with Crippen LogP contribution in [0.2, 0.25) is 0 Å². The van der Waals surface area contributed by atoms with Crippen LogP contribution in [0.4, 0.5) is 0 Å². The lowest BCUT2D eigenvalue weighted by Crippen LogP contribution is -2.12. The van der Waals surface area contributed by atoms with Gasteiger partial charge in [0, 0.05) is 6.54 Å². The van der Waals surface area contributed by atoms with E-state index in [0.717, 1.165) is 38.8 Å². The van der Waals surface area contributed by atoms with Crippen LogP contribution < -0.4 is 11.1 Å². The molecule has 1 amide bonds. The number of amides is 1. The average molecular weight is 130 g/mol. The second-order valence-electron chi connectivity index (χ2n) is 1.92. The molecule has 0 atom stereocenters. The summed E-state index contributed by atoms with van der Waals surface area (Å²) in [4.78, 5) is 9.70. The molecule has 0 spiro atoms. The van der Waals surface area contributed by atoms with Gasteiger partial charge in [0.1, 0.15) is 0 Å². The zero-order valence-corrected chi connectivity index (χ0v) is 5.60. The molecule has 3 heteroatoms. The van der Waals surface area contributed by atoms with Crippen LogP contribution >= 0.6 is 0 Å². The summed E-state index contributed by atoms with van der Waals surface area (Å²) in [7, 11) is 0. The fourth-order valence-electron chi connectivity index (χ4n) is 0.607. The third kappa shape index (κ3) is 7.43. The quantitative estimate of drug-likeness (QED) is 0.388. The van der Waals surface area contributed by atoms with Crippen molar-refractivity contribution < 1.29 is 4.79 Å². The van der Waals surface area contributed by atoms with E-state index in [-0.39, 0.29) is 0 Å². The first-order valence-electron chi connectivity index (χ1n) is 3.29. The molecule has 9 heavy (non-hydrogen) atoms. The number of hydrogen-bond donors (Lipinski definition) is 2. The largest absolute Gasteiger partial charge is 0.359 e. The van der Waals surface area contributed by atoms with Gasteiger partial charge < -0.3 is 11.1 Å². The molecule has 0 aliphatic heterocycles. The van der Waals surface area contributed by atoms with Crippen LogP contribution in [-0.2, 0) is 4.79 Å². The Labute approximate surface area is 55.6 Å². The summed E-state index contributed by atoms with van der Waals surface area (Å²) in [6.07, 6.45) is 3.93. The Morgan fingerprint density at radius 1 is 1.33 bits per heavy atom. The van der Waals surface area contributed by atoms with Crippen LogP contribution in [0.1, 0.15) is 19.3 Å². The predicted molar refractivity (Wildman–Crippen MR) is 37.0 cm³/mol. The van der Waals surface area contributed by atoms with Crippen molar-refractivity contribution in [1.29, 1.82) is 0 Å². The topological polar surface area (TPSA) is 55.1 Å². The van der Waals surface area contributed by atoms with E-state index in [0.29, 0.717) is 0 Å². The molecule has 0 aromatic heterocycles. The van der Waals surface area contributed by atoms with Gasteiger partial charge in [-0.2, -0.15) is 0 Å². The highest BCUT2D eigenvalue weighted by molar-refractivity contribution is 5.45. The molecule has 0 saturated heterocycles. The minimum absolute atomic E-state index is 0.725. The molecule has 0 fully saturated rings. The Balaban J connectivity index is 2.66. The number of carbonyl (C=O) groups excluding carboxylic acids is 1. The van der Waals surface area contributed by atoms with Crippen LogP contribution in [0.25, 0.3) is 0 Å². The zero-order chi connectivity index (χ0) is 6.95. The van der Waals surface area contributed by atoms with Gasteiger partial charge in [-0.15, -0.1) is 0 Å². The lowest BCUT2D eigenvalue weighted by atomic mass is 10.2. The summed E-state index contributed by atoms with van der Waals surface area (Å²) in [6.45, 7) is 1.53.